The molecular weight excluding hydrogens is 248 g/mol. The van der Waals surface area contributed by atoms with Crippen LogP contribution in [0.15, 0.2) is 24.3 Å². The fourth-order valence-corrected chi connectivity index (χ4v) is 3.76. The molecule has 0 spiro atoms. The number of anilines is 1. The van der Waals surface area contributed by atoms with Crippen molar-refractivity contribution >= 4 is 15.7 Å². The quantitative estimate of drug-likeness (QED) is 0.806. The maximum Gasteiger partial charge on any atom is 0.218 e. The second kappa shape index (κ2) is 6.20. The van der Waals surface area contributed by atoms with E-state index >= 15 is 0 Å². The van der Waals surface area contributed by atoms with Crippen LogP contribution in [0.25, 0.3) is 0 Å². The highest BCUT2D eigenvalue weighted by atomic mass is 32.2. The maximum absolute atomic E-state index is 12.3. The molecule has 1 rings (SSSR count). The lowest BCUT2D eigenvalue weighted by Gasteiger charge is -2.26. The van der Waals surface area contributed by atoms with E-state index < -0.39 is 10.0 Å². The van der Waals surface area contributed by atoms with Crippen molar-refractivity contribution in [2.75, 3.05) is 12.3 Å². The van der Waals surface area contributed by atoms with Crippen LogP contribution >= 0.6 is 0 Å². The third-order valence-electron chi connectivity index (χ3n) is 3.08. The van der Waals surface area contributed by atoms with Gasteiger partial charge in [0.15, 0.2) is 0 Å². The van der Waals surface area contributed by atoms with E-state index in [-0.39, 0.29) is 11.8 Å². The van der Waals surface area contributed by atoms with E-state index in [1.807, 2.05) is 20.8 Å². The smallest absolute Gasteiger partial charge is 0.218 e. The molecule has 4 nitrogen and oxygen atoms in total. The molecule has 0 amide bonds. The maximum atomic E-state index is 12.3. The van der Waals surface area contributed by atoms with Gasteiger partial charge in [-0.25, -0.2) is 8.42 Å². The Morgan fingerprint density at radius 3 is 2.22 bits per heavy atom. The topological polar surface area (TPSA) is 63.4 Å². The van der Waals surface area contributed by atoms with Crippen molar-refractivity contribution < 1.29 is 8.42 Å². The van der Waals surface area contributed by atoms with Gasteiger partial charge in [0, 0.05) is 18.3 Å². The van der Waals surface area contributed by atoms with Gasteiger partial charge in [-0.1, -0.05) is 26.0 Å². The fraction of sp³-hybridized carbons (Fsp3) is 0.538. The van der Waals surface area contributed by atoms with E-state index in [1.165, 1.54) is 0 Å². The summed E-state index contributed by atoms with van der Waals surface area (Å²) in [6, 6.07) is 7.01. The number of nitrogens with two attached hydrogens (primary N) is 1. The summed E-state index contributed by atoms with van der Waals surface area (Å²) in [7, 11) is -3.26. The van der Waals surface area contributed by atoms with Crippen molar-refractivity contribution in [2.45, 2.75) is 39.0 Å². The van der Waals surface area contributed by atoms with Crippen LogP contribution in [-0.2, 0) is 15.8 Å². The van der Waals surface area contributed by atoms with Crippen LogP contribution in [-0.4, -0.2) is 25.3 Å². The molecule has 0 fully saturated rings. The summed E-state index contributed by atoms with van der Waals surface area (Å²) in [5.74, 6) is 0.0332. The van der Waals surface area contributed by atoms with Crippen LogP contribution in [0.5, 0.6) is 0 Å². The Bertz CT molecular complexity index is 468. The van der Waals surface area contributed by atoms with Gasteiger partial charge in [0.05, 0.1) is 5.75 Å². The molecule has 102 valence electrons. The van der Waals surface area contributed by atoms with Gasteiger partial charge in [0.1, 0.15) is 0 Å². The molecule has 5 heteroatoms. The molecule has 0 saturated heterocycles. The zero-order chi connectivity index (χ0) is 13.8. The minimum Gasteiger partial charge on any atom is -0.399 e. The van der Waals surface area contributed by atoms with Crippen molar-refractivity contribution in [2.24, 2.45) is 0 Å². The highest BCUT2D eigenvalue weighted by Gasteiger charge is 2.24. The van der Waals surface area contributed by atoms with Gasteiger partial charge >= 0.3 is 0 Å². The number of hydrogen-bond acceptors (Lipinski definition) is 3. The molecular formula is C13H22N2O2S. The first-order chi connectivity index (χ1) is 8.40. The zero-order valence-corrected chi connectivity index (χ0v) is 12.1. The number of rotatable bonds is 6. The standard InChI is InChI=1S/C13H22N2O2S/c1-4-11(3)15(5-2)18(16,17)10-12-6-8-13(14)9-7-12/h6-9,11H,4-5,10,14H2,1-3H3. The Hall–Kier alpha value is -1.07. The lowest BCUT2D eigenvalue weighted by atomic mass is 10.2. The monoisotopic (exact) mass is 270 g/mol. The first-order valence-corrected chi connectivity index (χ1v) is 7.85. The summed E-state index contributed by atoms with van der Waals surface area (Å²) in [4.78, 5) is 0. The largest absolute Gasteiger partial charge is 0.399 e. The summed E-state index contributed by atoms with van der Waals surface area (Å²) < 4.78 is 26.2. The average molecular weight is 270 g/mol. The van der Waals surface area contributed by atoms with Crippen LogP contribution < -0.4 is 5.73 Å². The molecule has 1 unspecified atom stereocenters. The molecule has 0 bridgehead atoms. The van der Waals surface area contributed by atoms with Gasteiger partial charge in [0.25, 0.3) is 0 Å². The van der Waals surface area contributed by atoms with Gasteiger partial charge < -0.3 is 5.73 Å². The predicted octanol–water partition coefficient (Wildman–Crippen LogP) is 2.22. The van der Waals surface area contributed by atoms with Gasteiger partial charge in [-0.2, -0.15) is 4.31 Å². The van der Waals surface area contributed by atoms with Crippen molar-refractivity contribution in [3.8, 4) is 0 Å². The van der Waals surface area contributed by atoms with E-state index in [4.69, 9.17) is 5.73 Å². The Labute approximate surface area is 110 Å². The van der Waals surface area contributed by atoms with E-state index in [0.717, 1.165) is 12.0 Å². The molecule has 0 aromatic heterocycles. The second-order valence-electron chi connectivity index (χ2n) is 4.46. The molecule has 1 atom stereocenters. The van der Waals surface area contributed by atoms with E-state index in [2.05, 4.69) is 0 Å². The summed E-state index contributed by atoms with van der Waals surface area (Å²) >= 11 is 0. The van der Waals surface area contributed by atoms with Crippen LogP contribution in [0, 0.1) is 0 Å². The van der Waals surface area contributed by atoms with Gasteiger partial charge in [-0.15, -0.1) is 0 Å². The summed E-state index contributed by atoms with van der Waals surface area (Å²) in [6.45, 7) is 6.30. The van der Waals surface area contributed by atoms with Crippen LogP contribution in [0.3, 0.4) is 0 Å². The first-order valence-electron chi connectivity index (χ1n) is 6.24. The highest BCUT2D eigenvalue weighted by Crippen LogP contribution is 2.16. The van der Waals surface area contributed by atoms with Crippen LogP contribution in [0.1, 0.15) is 32.8 Å². The molecule has 2 N–H and O–H groups in total. The first kappa shape index (κ1) is 15.0. The molecule has 0 aliphatic rings. The van der Waals surface area contributed by atoms with E-state index in [9.17, 15) is 8.42 Å². The van der Waals surface area contributed by atoms with Crippen molar-refractivity contribution in [1.29, 1.82) is 0 Å². The molecule has 0 aliphatic heterocycles. The Balaban J connectivity index is 2.89. The molecule has 18 heavy (non-hydrogen) atoms. The summed E-state index contributed by atoms with van der Waals surface area (Å²) in [6.07, 6.45) is 0.814. The average Bonchev–Trinajstić information content (AvgIpc) is 2.32. The lowest BCUT2D eigenvalue weighted by molar-refractivity contribution is 0.342. The number of benzene rings is 1. The van der Waals surface area contributed by atoms with Crippen LogP contribution in [0.2, 0.25) is 0 Å². The normalized spacial score (nSPS) is 13.8. The number of nitrogen functional groups attached to an aromatic ring is 1. The third-order valence-corrected chi connectivity index (χ3v) is 5.11. The molecule has 1 aromatic rings. The number of nitrogens with zero attached hydrogens (tertiary/aromatic N) is 1. The number of sulfonamides is 1. The molecule has 0 heterocycles. The minimum absolute atomic E-state index is 0.0332. The molecule has 0 aliphatic carbocycles. The third kappa shape index (κ3) is 3.71. The molecule has 1 aromatic carbocycles. The van der Waals surface area contributed by atoms with Crippen molar-refractivity contribution in [3.63, 3.8) is 0 Å². The predicted molar refractivity (Wildman–Crippen MR) is 75.6 cm³/mol. The second-order valence-corrected chi connectivity index (χ2v) is 6.38. The summed E-state index contributed by atoms with van der Waals surface area (Å²) in [5, 5.41) is 0. The Morgan fingerprint density at radius 2 is 1.78 bits per heavy atom. The Kier molecular flexibility index (Phi) is 5.16. The number of hydrogen-bond donors (Lipinski definition) is 1. The lowest BCUT2D eigenvalue weighted by Crippen LogP contribution is -2.38. The van der Waals surface area contributed by atoms with Crippen LogP contribution in [0.4, 0.5) is 5.69 Å². The van der Waals surface area contributed by atoms with E-state index in [1.54, 1.807) is 28.6 Å². The van der Waals surface area contributed by atoms with Crippen molar-refractivity contribution in [1.82, 2.24) is 4.31 Å². The SMILES string of the molecule is CCC(C)N(CC)S(=O)(=O)Cc1ccc(N)cc1. The van der Waals surface area contributed by atoms with Gasteiger partial charge in [0.2, 0.25) is 10.0 Å². The zero-order valence-electron chi connectivity index (χ0n) is 11.3. The van der Waals surface area contributed by atoms with Gasteiger partial charge in [-0.05, 0) is 31.0 Å². The fourth-order valence-electron chi connectivity index (χ4n) is 1.89. The molecule has 0 radical (unpaired) electrons. The highest BCUT2D eigenvalue weighted by molar-refractivity contribution is 7.88. The summed E-state index contributed by atoms with van der Waals surface area (Å²) in [5.41, 5.74) is 7.00. The van der Waals surface area contributed by atoms with Gasteiger partial charge in [-0.3, -0.25) is 0 Å². The van der Waals surface area contributed by atoms with E-state index in [0.29, 0.717) is 12.2 Å². The molecule has 0 saturated carbocycles. The Morgan fingerprint density at radius 1 is 1.22 bits per heavy atom. The van der Waals surface area contributed by atoms with Crippen molar-refractivity contribution in [3.05, 3.63) is 29.8 Å². The minimum atomic E-state index is -3.26.